The molecule has 7 heteroatoms. The lowest BCUT2D eigenvalue weighted by Gasteiger charge is -2.12. The summed E-state index contributed by atoms with van der Waals surface area (Å²) in [5, 5.41) is 21.1. The Morgan fingerprint density at radius 1 is 1.33 bits per heavy atom. The number of halogens is 1. The molecule has 1 aromatic carbocycles. The number of carbonyl (C=O) groups is 1. The van der Waals surface area contributed by atoms with Gasteiger partial charge < -0.3 is 14.8 Å². The molecule has 0 fully saturated rings. The number of carboxylic acid groups (broad SMARTS) is 1. The van der Waals surface area contributed by atoms with Gasteiger partial charge >= 0.3 is 5.97 Å². The van der Waals surface area contributed by atoms with Crippen LogP contribution in [0.15, 0.2) is 47.2 Å². The number of hydrogen-bond acceptors (Lipinski definition) is 5. The van der Waals surface area contributed by atoms with Crippen LogP contribution in [0.3, 0.4) is 0 Å². The van der Waals surface area contributed by atoms with Crippen LogP contribution in [0.5, 0.6) is 0 Å². The van der Waals surface area contributed by atoms with Gasteiger partial charge in [-0.3, -0.25) is 5.41 Å². The van der Waals surface area contributed by atoms with Crippen molar-refractivity contribution in [3.8, 4) is 0 Å². The van der Waals surface area contributed by atoms with Crippen LogP contribution >= 0.6 is 0 Å². The fraction of sp³-hybridized carbons (Fsp3) is 0.118. The SMILES string of the molecule is N=C(c1cnc(C(=O)O)cc1NCCF)c1coc2ccccc12. The molecule has 0 radical (unpaired) electrons. The second-order valence-corrected chi connectivity index (χ2v) is 5.06. The Bertz CT molecular complexity index is 920. The molecular weight excluding hydrogens is 313 g/mol. The number of aromatic nitrogens is 1. The molecule has 2 aromatic heterocycles. The van der Waals surface area contributed by atoms with Crippen LogP contribution in [0, 0.1) is 5.41 Å². The molecular formula is C17H14FN3O3. The summed E-state index contributed by atoms with van der Waals surface area (Å²) in [7, 11) is 0. The van der Waals surface area contributed by atoms with E-state index in [1.807, 2.05) is 18.2 Å². The zero-order valence-corrected chi connectivity index (χ0v) is 12.5. The smallest absolute Gasteiger partial charge is 0.354 e. The van der Waals surface area contributed by atoms with E-state index in [-0.39, 0.29) is 18.0 Å². The first-order chi connectivity index (χ1) is 11.6. The lowest BCUT2D eigenvalue weighted by molar-refractivity contribution is 0.0690. The molecule has 0 spiro atoms. The number of rotatable bonds is 6. The normalized spacial score (nSPS) is 10.7. The van der Waals surface area contributed by atoms with Crippen molar-refractivity contribution in [1.29, 1.82) is 5.41 Å². The van der Waals surface area contributed by atoms with Gasteiger partial charge in [0, 0.05) is 34.9 Å². The third-order valence-corrected chi connectivity index (χ3v) is 3.55. The van der Waals surface area contributed by atoms with Gasteiger partial charge in [0.1, 0.15) is 24.2 Å². The molecule has 3 aromatic rings. The molecule has 0 amide bonds. The summed E-state index contributed by atoms with van der Waals surface area (Å²) in [5.74, 6) is -1.19. The number of pyridine rings is 1. The third-order valence-electron chi connectivity index (χ3n) is 3.55. The van der Waals surface area contributed by atoms with Crippen molar-refractivity contribution < 1.29 is 18.7 Å². The predicted octanol–water partition coefficient (Wildman–Crippen LogP) is 3.32. The number of aromatic carboxylic acids is 1. The summed E-state index contributed by atoms with van der Waals surface area (Å²) >= 11 is 0. The molecule has 3 rings (SSSR count). The first-order valence-electron chi connectivity index (χ1n) is 7.20. The standard InChI is InChI=1S/C17H14FN3O3/c18-5-6-20-13-7-14(17(22)23)21-8-11(13)16(19)12-9-24-15-4-2-1-3-10(12)15/h1-4,7-9,19H,5-6H2,(H,20,21)(H,22,23). The summed E-state index contributed by atoms with van der Waals surface area (Å²) in [6.45, 7) is -0.609. The number of hydrogen-bond donors (Lipinski definition) is 3. The zero-order chi connectivity index (χ0) is 17.1. The summed E-state index contributed by atoms with van der Waals surface area (Å²) in [4.78, 5) is 14.9. The van der Waals surface area contributed by atoms with Gasteiger partial charge in [0.25, 0.3) is 0 Å². The summed E-state index contributed by atoms with van der Waals surface area (Å²) in [5.41, 5.74) is 1.86. The maximum Gasteiger partial charge on any atom is 0.354 e. The monoisotopic (exact) mass is 327 g/mol. The molecule has 24 heavy (non-hydrogen) atoms. The summed E-state index contributed by atoms with van der Waals surface area (Å²) in [6.07, 6.45) is 2.77. The van der Waals surface area contributed by atoms with Crippen molar-refractivity contribution >= 4 is 28.3 Å². The molecule has 0 aliphatic heterocycles. The van der Waals surface area contributed by atoms with E-state index in [1.165, 1.54) is 18.5 Å². The number of carboxylic acids is 1. The van der Waals surface area contributed by atoms with E-state index in [0.29, 0.717) is 22.4 Å². The number of para-hydroxylation sites is 1. The molecule has 0 unspecified atom stereocenters. The van der Waals surface area contributed by atoms with Crippen molar-refractivity contribution in [2.24, 2.45) is 0 Å². The van der Waals surface area contributed by atoms with Gasteiger partial charge in [0.05, 0.1) is 5.71 Å². The topological polar surface area (TPSA) is 99.2 Å². The quantitative estimate of drug-likeness (QED) is 0.603. The van der Waals surface area contributed by atoms with E-state index in [9.17, 15) is 9.18 Å². The minimum atomic E-state index is -1.19. The van der Waals surface area contributed by atoms with Crippen LogP contribution in [0.1, 0.15) is 21.6 Å². The van der Waals surface area contributed by atoms with Crippen molar-refractivity contribution in [2.75, 3.05) is 18.5 Å². The Labute approximate surface area is 136 Å². The number of nitrogens with zero attached hydrogens (tertiary/aromatic N) is 1. The largest absolute Gasteiger partial charge is 0.477 e. The van der Waals surface area contributed by atoms with E-state index in [4.69, 9.17) is 14.9 Å². The fourth-order valence-electron chi connectivity index (χ4n) is 2.42. The molecule has 0 aliphatic rings. The van der Waals surface area contributed by atoms with E-state index in [0.717, 1.165) is 5.39 Å². The molecule has 3 N–H and O–H groups in total. The Morgan fingerprint density at radius 3 is 2.88 bits per heavy atom. The number of nitrogens with one attached hydrogen (secondary N) is 2. The third kappa shape index (κ3) is 2.83. The first kappa shape index (κ1) is 15.7. The van der Waals surface area contributed by atoms with Crippen molar-refractivity contribution in [1.82, 2.24) is 4.98 Å². The second-order valence-electron chi connectivity index (χ2n) is 5.06. The van der Waals surface area contributed by atoms with Crippen molar-refractivity contribution in [2.45, 2.75) is 0 Å². The van der Waals surface area contributed by atoms with Gasteiger partial charge in [-0.15, -0.1) is 0 Å². The van der Waals surface area contributed by atoms with Gasteiger partial charge in [-0.25, -0.2) is 14.2 Å². The van der Waals surface area contributed by atoms with Crippen LogP contribution in [0.2, 0.25) is 0 Å². The molecule has 6 nitrogen and oxygen atoms in total. The molecule has 0 atom stereocenters. The summed E-state index contributed by atoms with van der Waals surface area (Å²) in [6, 6.07) is 8.58. The van der Waals surface area contributed by atoms with Crippen LogP contribution in [0.25, 0.3) is 11.0 Å². The van der Waals surface area contributed by atoms with Crippen molar-refractivity contribution in [3.05, 3.63) is 59.6 Å². The maximum absolute atomic E-state index is 12.5. The molecule has 0 bridgehead atoms. The fourth-order valence-corrected chi connectivity index (χ4v) is 2.42. The van der Waals surface area contributed by atoms with Crippen molar-refractivity contribution in [3.63, 3.8) is 0 Å². The number of benzene rings is 1. The average Bonchev–Trinajstić information content (AvgIpc) is 3.03. The lowest BCUT2D eigenvalue weighted by Crippen LogP contribution is -2.12. The first-order valence-corrected chi connectivity index (χ1v) is 7.20. The Hall–Kier alpha value is -3.22. The number of furan rings is 1. The predicted molar refractivity (Wildman–Crippen MR) is 87.8 cm³/mol. The van der Waals surface area contributed by atoms with Crippen LogP contribution in [0.4, 0.5) is 10.1 Å². The van der Waals surface area contributed by atoms with Crippen LogP contribution < -0.4 is 5.32 Å². The van der Waals surface area contributed by atoms with Gasteiger partial charge in [-0.2, -0.15) is 0 Å². The van der Waals surface area contributed by atoms with E-state index in [1.54, 1.807) is 6.07 Å². The molecule has 0 saturated heterocycles. The van der Waals surface area contributed by atoms with E-state index < -0.39 is 12.6 Å². The minimum absolute atomic E-state index is 0.00941. The van der Waals surface area contributed by atoms with Gasteiger partial charge in [-0.05, 0) is 12.1 Å². The van der Waals surface area contributed by atoms with Gasteiger partial charge in [0.2, 0.25) is 0 Å². The number of anilines is 1. The Kier molecular flexibility index (Phi) is 4.24. The molecule has 2 heterocycles. The molecule has 122 valence electrons. The highest BCUT2D eigenvalue weighted by Gasteiger charge is 2.17. The van der Waals surface area contributed by atoms with E-state index in [2.05, 4.69) is 10.3 Å². The Morgan fingerprint density at radius 2 is 2.12 bits per heavy atom. The zero-order valence-electron chi connectivity index (χ0n) is 12.5. The highest BCUT2D eigenvalue weighted by atomic mass is 19.1. The minimum Gasteiger partial charge on any atom is -0.477 e. The van der Waals surface area contributed by atoms with Crippen LogP contribution in [-0.4, -0.2) is 35.0 Å². The van der Waals surface area contributed by atoms with Gasteiger partial charge in [0.15, 0.2) is 0 Å². The highest BCUT2D eigenvalue weighted by Crippen LogP contribution is 2.26. The van der Waals surface area contributed by atoms with E-state index >= 15 is 0 Å². The molecule has 0 aliphatic carbocycles. The maximum atomic E-state index is 12.5. The summed E-state index contributed by atoms with van der Waals surface area (Å²) < 4.78 is 17.9. The van der Waals surface area contributed by atoms with Crippen LogP contribution in [-0.2, 0) is 0 Å². The van der Waals surface area contributed by atoms with Gasteiger partial charge in [-0.1, -0.05) is 18.2 Å². The molecule has 0 saturated carbocycles. The average molecular weight is 327 g/mol. The number of alkyl halides is 1. The second kappa shape index (κ2) is 6.49. The lowest BCUT2D eigenvalue weighted by atomic mass is 10.0. The Balaban J connectivity index is 2.06. The highest BCUT2D eigenvalue weighted by molar-refractivity contribution is 6.19. The number of fused-ring (bicyclic) bond motifs is 1.